The van der Waals surface area contributed by atoms with Crippen LogP contribution in [0.5, 0.6) is 0 Å². The van der Waals surface area contributed by atoms with Gasteiger partial charge in [-0.2, -0.15) is 4.98 Å². The van der Waals surface area contributed by atoms with E-state index in [2.05, 4.69) is 10.1 Å². The van der Waals surface area contributed by atoms with Gasteiger partial charge in [0.05, 0.1) is 0 Å². The van der Waals surface area contributed by atoms with Crippen LogP contribution in [-0.2, 0) is 6.42 Å². The molecule has 1 aromatic rings. The fourth-order valence-electron chi connectivity index (χ4n) is 2.35. The van der Waals surface area contributed by atoms with Crippen molar-refractivity contribution in [1.82, 2.24) is 10.1 Å². The standard InChI is InChI=1S/C10H17N3O/c11-7-10(4-2-1-3-5-10)6-9-12-8-13-14-9/h8H,1-7,11H2. The van der Waals surface area contributed by atoms with Crippen LogP contribution in [0.1, 0.15) is 38.0 Å². The van der Waals surface area contributed by atoms with Crippen LogP contribution in [-0.4, -0.2) is 16.7 Å². The van der Waals surface area contributed by atoms with Gasteiger partial charge in [0.2, 0.25) is 5.89 Å². The Bertz CT molecular complexity index is 265. The van der Waals surface area contributed by atoms with Gasteiger partial charge in [-0.1, -0.05) is 24.4 Å². The van der Waals surface area contributed by atoms with Crippen molar-refractivity contribution in [3.8, 4) is 0 Å². The minimum Gasteiger partial charge on any atom is -0.340 e. The molecule has 2 N–H and O–H groups in total. The fraction of sp³-hybridized carbons (Fsp3) is 0.800. The number of hydrogen-bond donors (Lipinski definition) is 1. The molecular weight excluding hydrogens is 178 g/mol. The molecule has 14 heavy (non-hydrogen) atoms. The van der Waals surface area contributed by atoms with E-state index in [1.807, 2.05) is 0 Å². The number of nitrogens with two attached hydrogens (primary N) is 1. The highest BCUT2D eigenvalue weighted by Gasteiger charge is 2.32. The van der Waals surface area contributed by atoms with Gasteiger partial charge in [-0.15, -0.1) is 0 Å². The van der Waals surface area contributed by atoms with Crippen LogP contribution in [0.4, 0.5) is 0 Å². The molecule has 1 saturated carbocycles. The molecule has 0 saturated heterocycles. The molecule has 0 amide bonds. The van der Waals surface area contributed by atoms with E-state index in [9.17, 15) is 0 Å². The van der Waals surface area contributed by atoms with Crippen LogP contribution in [0.15, 0.2) is 10.9 Å². The van der Waals surface area contributed by atoms with Gasteiger partial charge >= 0.3 is 0 Å². The van der Waals surface area contributed by atoms with Crippen LogP contribution in [0, 0.1) is 5.41 Å². The molecule has 2 rings (SSSR count). The lowest BCUT2D eigenvalue weighted by Crippen LogP contribution is -2.35. The van der Waals surface area contributed by atoms with Crippen LogP contribution >= 0.6 is 0 Å². The average molecular weight is 195 g/mol. The van der Waals surface area contributed by atoms with E-state index in [0.29, 0.717) is 0 Å². The van der Waals surface area contributed by atoms with Crippen LogP contribution in [0.3, 0.4) is 0 Å². The second-order valence-electron chi connectivity index (χ2n) is 4.28. The maximum atomic E-state index is 5.86. The van der Waals surface area contributed by atoms with Crippen LogP contribution in [0.25, 0.3) is 0 Å². The minimum atomic E-state index is 0.227. The SMILES string of the molecule is NCC1(Cc2ncno2)CCCCC1. The molecule has 78 valence electrons. The van der Waals surface area contributed by atoms with Gasteiger partial charge in [-0.3, -0.25) is 0 Å². The molecule has 1 fully saturated rings. The first kappa shape index (κ1) is 9.65. The molecule has 0 spiro atoms. The topological polar surface area (TPSA) is 64.9 Å². The number of aromatic nitrogens is 2. The molecule has 0 radical (unpaired) electrons. The number of hydrogen-bond acceptors (Lipinski definition) is 4. The molecule has 1 heterocycles. The summed E-state index contributed by atoms with van der Waals surface area (Å²) in [5.74, 6) is 0.734. The van der Waals surface area contributed by atoms with Gasteiger partial charge in [0.15, 0.2) is 6.33 Å². The van der Waals surface area contributed by atoms with Crippen molar-refractivity contribution in [3.05, 3.63) is 12.2 Å². The Kier molecular flexibility index (Phi) is 2.82. The molecule has 0 bridgehead atoms. The summed E-state index contributed by atoms with van der Waals surface area (Å²) >= 11 is 0. The third kappa shape index (κ3) is 1.95. The highest BCUT2D eigenvalue weighted by Crippen LogP contribution is 2.37. The summed E-state index contributed by atoms with van der Waals surface area (Å²) in [6, 6.07) is 0. The smallest absolute Gasteiger partial charge is 0.226 e. The largest absolute Gasteiger partial charge is 0.340 e. The molecule has 4 heteroatoms. The van der Waals surface area contributed by atoms with Gasteiger partial charge in [-0.05, 0) is 24.8 Å². The van der Waals surface area contributed by atoms with Crippen molar-refractivity contribution in [2.24, 2.45) is 11.1 Å². The summed E-state index contributed by atoms with van der Waals surface area (Å²) in [5.41, 5.74) is 6.09. The van der Waals surface area contributed by atoms with E-state index < -0.39 is 0 Å². The first-order chi connectivity index (χ1) is 6.85. The zero-order valence-electron chi connectivity index (χ0n) is 8.41. The van der Waals surface area contributed by atoms with E-state index >= 15 is 0 Å². The lowest BCUT2D eigenvalue weighted by Gasteiger charge is -2.34. The first-order valence-corrected chi connectivity index (χ1v) is 5.30. The van der Waals surface area contributed by atoms with Crippen molar-refractivity contribution in [2.75, 3.05) is 6.54 Å². The quantitative estimate of drug-likeness (QED) is 0.794. The Morgan fingerprint density at radius 1 is 1.36 bits per heavy atom. The van der Waals surface area contributed by atoms with Crippen molar-refractivity contribution in [1.29, 1.82) is 0 Å². The van der Waals surface area contributed by atoms with Crippen molar-refractivity contribution < 1.29 is 4.52 Å². The van der Waals surface area contributed by atoms with Gasteiger partial charge < -0.3 is 10.3 Å². The summed E-state index contributed by atoms with van der Waals surface area (Å²) in [4.78, 5) is 4.07. The van der Waals surface area contributed by atoms with Gasteiger partial charge in [0.25, 0.3) is 0 Å². The molecule has 1 aliphatic carbocycles. The normalized spacial score (nSPS) is 20.9. The molecule has 0 unspecified atom stereocenters. The van der Waals surface area contributed by atoms with Gasteiger partial charge in [-0.25, -0.2) is 0 Å². The minimum absolute atomic E-state index is 0.227. The maximum Gasteiger partial charge on any atom is 0.226 e. The lowest BCUT2D eigenvalue weighted by atomic mass is 9.72. The van der Waals surface area contributed by atoms with Crippen LogP contribution in [0.2, 0.25) is 0 Å². The van der Waals surface area contributed by atoms with Crippen molar-refractivity contribution in [2.45, 2.75) is 38.5 Å². The summed E-state index contributed by atoms with van der Waals surface area (Å²) in [6.45, 7) is 0.732. The zero-order valence-corrected chi connectivity index (χ0v) is 8.41. The highest BCUT2D eigenvalue weighted by molar-refractivity contribution is 4.91. The predicted octanol–water partition coefficient (Wildman–Crippen LogP) is 1.52. The van der Waals surface area contributed by atoms with E-state index in [-0.39, 0.29) is 5.41 Å². The van der Waals surface area contributed by atoms with Crippen molar-refractivity contribution in [3.63, 3.8) is 0 Å². The predicted molar refractivity (Wildman–Crippen MR) is 52.6 cm³/mol. The summed E-state index contributed by atoms with van der Waals surface area (Å²) in [6.07, 6.45) is 8.62. The zero-order chi connectivity index (χ0) is 9.86. The Morgan fingerprint density at radius 3 is 2.71 bits per heavy atom. The number of rotatable bonds is 3. The molecule has 0 aliphatic heterocycles. The third-order valence-electron chi connectivity index (χ3n) is 3.28. The Labute approximate surface area is 83.9 Å². The molecule has 1 aromatic heterocycles. The van der Waals surface area contributed by atoms with Gasteiger partial charge in [0.1, 0.15) is 0 Å². The summed E-state index contributed by atoms with van der Waals surface area (Å²) in [7, 11) is 0. The van der Waals surface area contributed by atoms with Crippen molar-refractivity contribution >= 4 is 0 Å². The molecule has 4 nitrogen and oxygen atoms in total. The number of nitrogens with zero attached hydrogens (tertiary/aromatic N) is 2. The molecular formula is C10H17N3O. The molecule has 0 atom stereocenters. The Morgan fingerprint density at radius 2 is 2.14 bits per heavy atom. The second kappa shape index (κ2) is 4.09. The summed E-state index contributed by atoms with van der Waals surface area (Å²) < 4.78 is 5.05. The van der Waals surface area contributed by atoms with Crippen LogP contribution < -0.4 is 5.73 Å². The Hall–Kier alpha value is -0.900. The van der Waals surface area contributed by atoms with E-state index in [4.69, 9.17) is 10.3 Å². The first-order valence-electron chi connectivity index (χ1n) is 5.30. The van der Waals surface area contributed by atoms with E-state index in [1.54, 1.807) is 0 Å². The monoisotopic (exact) mass is 195 g/mol. The fourth-order valence-corrected chi connectivity index (χ4v) is 2.35. The lowest BCUT2D eigenvalue weighted by molar-refractivity contribution is 0.177. The molecule has 0 aromatic carbocycles. The summed E-state index contributed by atoms with van der Waals surface area (Å²) in [5, 5.41) is 3.63. The van der Waals surface area contributed by atoms with E-state index in [0.717, 1.165) is 18.9 Å². The maximum absolute atomic E-state index is 5.86. The van der Waals surface area contributed by atoms with E-state index in [1.165, 1.54) is 38.4 Å². The highest BCUT2D eigenvalue weighted by atomic mass is 16.5. The van der Waals surface area contributed by atoms with Gasteiger partial charge in [0, 0.05) is 6.42 Å². The average Bonchev–Trinajstić information content (AvgIpc) is 2.72. The second-order valence-corrected chi connectivity index (χ2v) is 4.28. The third-order valence-corrected chi connectivity index (χ3v) is 3.28. The molecule has 1 aliphatic rings. The Balaban J connectivity index is 2.04.